The molecule has 2 saturated heterocycles. The number of nitrogens with zero attached hydrogens (tertiary/aromatic N) is 1. The summed E-state index contributed by atoms with van der Waals surface area (Å²) < 4.78 is 17.6. The van der Waals surface area contributed by atoms with Gasteiger partial charge in [0.15, 0.2) is 0 Å². The Labute approximate surface area is 168 Å². The van der Waals surface area contributed by atoms with Crippen molar-refractivity contribution in [2.75, 3.05) is 0 Å². The first-order valence-electron chi connectivity index (χ1n) is 10.6. The summed E-state index contributed by atoms with van der Waals surface area (Å²) in [5.41, 5.74) is -0.948. The highest BCUT2D eigenvalue weighted by molar-refractivity contribution is 5.90. The zero-order valence-electron chi connectivity index (χ0n) is 18.0. The van der Waals surface area contributed by atoms with E-state index in [1.807, 2.05) is 34.6 Å². The van der Waals surface area contributed by atoms with E-state index in [0.29, 0.717) is 17.9 Å². The van der Waals surface area contributed by atoms with E-state index in [1.54, 1.807) is 4.90 Å². The zero-order valence-corrected chi connectivity index (χ0v) is 18.0. The molecule has 0 aromatic heterocycles. The van der Waals surface area contributed by atoms with Gasteiger partial charge in [0.2, 0.25) is 0 Å². The second kappa shape index (κ2) is 7.69. The summed E-state index contributed by atoms with van der Waals surface area (Å²) in [4.78, 5) is 26.8. The molecule has 6 heteroatoms. The molecule has 1 amide bonds. The predicted molar refractivity (Wildman–Crippen MR) is 106 cm³/mol. The predicted octanol–water partition coefficient (Wildman–Crippen LogP) is 4.57. The lowest BCUT2D eigenvalue weighted by atomic mass is 9.82. The van der Waals surface area contributed by atoms with E-state index in [4.69, 9.17) is 14.2 Å². The van der Waals surface area contributed by atoms with Gasteiger partial charge in [-0.1, -0.05) is 38.7 Å². The molecular formula is C22H35NO5. The van der Waals surface area contributed by atoms with Crippen molar-refractivity contribution in [2.45, 2.75) is 109 Å². The van der Waals surface area contributed by atoms with Crippen LogP contribution in [0.15, 0.2) is 12.2 Å². The van der Waals surface area contributed by atoms with Crippen molar-refractivity contribution >= 4 is 12.1 Å². The number of ether oxygens (including phenoxy) is 3. The summed E-state index contributed by atoms with van der Waals surface area (Å²) in [6, 6.07) is -0.184. The highest BCUT2D eigenvalue weighted by atomic mass is 16.6. The standard InChI is InChI=1S/C22H35NO5/c1-14-12-17(26-19(14)24)18-16(13-15-10-8-7-9-11-15)23(22(5,6)27-18)20(25)28-21(2,3)4/h15-18H,1,7-13H2,2-6H3/t16-,17+,18?/m0/s1. The number of carbonyl (C=O) groups is 2. The molecule has 1 aliphatic carbocycles. The van der Waals surface area contributed by atoms with Crippen LogP contribution in [0.25, 0.3) is 0 Å². The zero-order chi connectivity index (χ0) is 20.7. The second-order valence-electron chi connectivity index (χ2n) is 9.94. The highest BCUT2D eigenvalue weighted by Gasteiger charge is 2.55. The first kappa shape index (κ1) is 21.2. The molecule has 0 spiro atoms. The third kappa shape index (κ3) is 4.53. The van der Waals surface area contributed by atoms with Crippen molar-refractivity contribution in [3.63, 3.8) is 0 Å². The van der Waals surface area contributed by atoms with E-state index in [1.165, 1.54) is 32.1 Å². The topological polar surface area (TPSA) is 65.1 Å². The summed E-state index contributed by atoms with van der Waals surface area (Å²) >= 11 is 0. The molecule has 0 N–H and O–H groups in total. The van der Waals surface area contributed by atoms with Crippen molar-refractivity contribution in [3.8, 4) is 0 Å². The van der Waals surface area contributed by atoms with Crippen molar-refractivity contribution in [1.29, 1.82) is 0 Å². The minimum absolute atomic E-state index is 0.184. The number of carbonyl (C=O) groups excluding carboxylic acids is 2. The first-order valence-corrected chi connectivity index (χ1v) is 10.6. The summed E-state index contributed by atoms with van der Waals surface area (Å²) in [6.45, 7) is 13.2. The number of rotatable bonds is 3. The normalized spacial score (nSPS) is 31.2. The Hall–Kier alpha value is -1.56. The summed E-state index contributed by atoms with van der Waals surface area (Å²) in [5, 5.41) is 0. The lowest BCUT2D eigenvalue weighted by Crippen LogP contribution is -2.51. The van der Waals surface area contributed by atoms with E-state index >= 15 is 0 Å². The Morgan fingerprint density at radius 3 is 2.43 bits per heavy atom. The van der Waals surface area contributed by atoms with Crippen LogP contribution in [0.4, 0.5) is 4.79 Å². The third-order valence-corrected chi connectivity index (χ3v) is 5.97. The molecule has 2 aliphatic heterocycles. The lowest BCUT2D eigenvalue weighted by Gasteiger charge is -2.37. The number of amides is 1. The van der Waals surface area contributed by atoms with Gasteiger partial charge in [-0.15, -0.1) is 0 Å². The molecule has 3 aliphatic rings. The maximum absolute atomic E-state index is 13.1. The van der Waals surface area contributed by atoms with Crippen molar-refractivity contribution < 1.29 is 23.8 Å². The van der Waals surface area contributed by atoms with E-state index in [-0.39, 0.29) is 24.2 Å². The average Bonchev–Trinajstić information content (AvgIpc) is 3.03. The molecule has 3 rings (SSSR count). The molecule has 0 aromatic rings. The smallest absolute Gasteiger partial charge is 0.412 e. The van der Waals surface area contributed by atoms with E-state index in [2.05, 4.69) is 6.58 Å². The minimum atomic E-state index is -0.831. The summed E-state index contributed by atoms with van der Waals surface area (Å²) in [7, 11) is 0. The lowest BCUT2D eigenvalue weighted by molar-refractivity contribution is -0.149. The van der Waals surface area contributed by atoms with Gasteiger partial charge in [-0.05, 0) is 47.0 Å². The van der Waals surface area contributed by atoms with Crippen molar-refractivity contribution in [2.24, 2.45) is 5.92 Å². The van der Waals surface area contributed by atoms with Crippen LogP contribution in [0.3, 0.4) is 0 Å². The molecule has 3 fully saturated rings. The van der Waals surface area contributed by atoms with Gasteiger partial charge in [-0.3, -0.25) is 4.90 Å². The minimum Gasteiger partial charge on any atom is -0.456 e. The fourth-order valence-corrected chi connectivity index (χ4v) is 4.78. The number of esters is 1. The Bertz CT molecular complexity index is 613. The molecule has 2 heterocycles. The molecule has 158 valence electrons. The van der Waals surface area contributed by atoms with Gasteiger partial charge >= 0.3 is 12.1 Å². The molecule has 0 radical (unpaired) electrons. The molecule has 1 saturated carbocycles. The van der Waals surface area contributed by atoms with Crippen LogP contribution in [0.2, 0.25) is 0 Å². The van der Waals surface area contributed by atoms with Gasteiger partial charge in [0.1, 0.15) is 23.5 Å². The molecule has 6 nitrogen and oxygen atoms in total. The van der Waals surface area contributed by atoms with Gasteiger partial charge in [-0.25, -0.2) is 9.59 Å². The summed E-state index contributed by atoms with van der Waals surface area (Å²) in [5.74, 6) is 0.183. The van der Waals surface area contributed by atoms with Crippen LogP contribution < -0.4 is 0 Å². The number of hydrogen-bond acceptors (Lipinski definition) is 5. The van der Waals surface area contributed by atoms with E-state index < -0.39 is 17.4 Å². The van der Waals surface area contributed by atoms with Crippen molar-refractivity contribution in [3.05, 3.63) is 12.2 Å². The van der Waals surface area contributed by atoms with Crippen molar-refractivity contribution in [1.82, 2.24) is 4.90 Å². The van der Waals surface area contributed by atoms with Crippen LogP contribution in [-0.4, -0.2) is 46.5 Å². The molecule has 0 bridgehead atoms. The van der Waals surface area contributed by atoms with Crippen LogP contribution in [0.1, 0.15) is 79.6 Å². The molecule has 3 atom stereocenters. The molecule has 28 heavy (non-hydrogen) atoms. The van der Waals surface area contributed by atoms with Gasteiger partial charge in [0.25, 0.3) is 0 Å². The van der Waals surface area contributed by atoms with E-state index in [9.17, 15) is 9.59 Å². The van der Waals surface area contributed by atoms with Gasteiger partial charge in [-0.2, -0.15) is 0 Å². The van der Waals surface area contributed by atoms with Crippen LogP contribution >= 0.6 is 0 Å². The Kier molecular flexibility index (Phi) is 5.81. The largest absolute Gasteiger partial charge is 0.456 e. The average molecular weight is 394 g/mol. The maximum atomic E-state index is 13.1. The van der Waals surface area contributed by atoms with Gasteiger partial charge < -0.3 is 14.2 Å². The molecular weight excluding hydrogens is 358 g/mol. The van der Waals surface area contributed by atoms with Gasteiger partial charge in [0, 0.05) is 12.0 Å². The molecule has 1 unspecified atom stereocenters. The number of hydrogen-bond donors (Lipinski definition) is 0. The quantitative estimate of drug-likeness (QED) is 0.519. The van der Waals surface area contributed by atoms with Crippen LogP contribution in [0.5, 0.6) is 0 Å². The Morgan fingerprint density at radius 1 is 1.25 bits per heavy atom. The Morgan fingerprint density at radius 2 is 1.89 bits per heavy atom. The van der Waals surface area contributed by atoms with Gasteiger partial charge in [0.05, 0.1) is 6.04 Å². The van der Waals surface area contributed by atoms with Crippen LogP contribution in [-0.2, 0) is 19.0 Å². The number of cyclic esters (lactones) is 1. The summed E-state index contributed by atoms with van der Waals surface area (Å²) in [6.07, 6.45) is 6.23. The Balaban J connectivity index is 1.87. The van der Waals surface area contributed by atoms with Crippen LogP contribution in [0, 0.1) is 5.92 Å². The maximum Gasteiger partial charge on any atom is 0.412 e. The molecule has 0 aromatic carbocycles. The van der Waals surface area contributed by atoms with E-state index in [0.717, 1.165) is 6.42 Å². The monoisotopic (exact) mass is 393 g/mol. The fraction of sp³-hybridized carbons (Fsp3) is 0.818. The third-order valence-electron chi connectivity index (χ3n) is 5.97. The fourth-order valence-electron chi connectivity index (χ4n) is 4.78. The highest BCUT2D eigenvalue weighted by Crippen LogP contribution is 2.42. The second-order valence-corrected chi connectivity index (χ2v) is 9.94. The first-order chi connectivity index (χ1) is 13.0. The SMILES string of the molecule is C=C1C[C@H](C2OC(C)(C)N(C(=O)OC(C)(C)C)[C@H]2CC2CCCCC2)OC1=O.